The molecular formula is C29H35N. The Morgan fingerprint density at radius 2 is 1.93 bits per heavy atom. The van der Waals surface area contributed by atoms with Crippen LogP contribution in [0.2, 0.25) is 0 Å². The third kappa shape index (κ3) is 3.86. The maximum atomic E-state index is 4.70. The molecule has 2 aliphatic rings. The van der Waals surface area contributed by atoms with Gasteiger partial charge < -0.3 is 0 Å². The quantitative estimate of drug-likeness (QED) is 0.238. The van der Waals surface area contributed by atoms with E-state index in [9.17, 15) is 0 Å². The summed E-state index contributed by atoms with van der Waals surface area (Å²) in [7, 11) is 0. The lowest BCUT2D eigenvalue weighted by Crippen LogP contribution is -2.31. The number of allylic oxidation sites excluding steroid dienone is 5. The summed E-state index contributed by atoms with van der Waals surface area (Å²) >= 11 is 0. The Hall–Kier alpha value is -2.67. The summed E-state index contributed by atoms with van der Waals surface area (Å²) in [6, 6.07) is 6.84. The van der Waals surface area contributed by atoms with Crippen molar-refractivity contribution in [3.05, 3.63) is 103 Å². The highest BCUT2D eigenvalue weighted by atomic mass is 14.7. The van der Waals surface area contributed by atoms with Crippen LogP contribution < -0.4 is 0 Å². The lowest BCUT2D eigenvalue weighted by Gasteiger charge is -2.43. The van der Waals surface area contributed by atoms with Crippen molar-refractivity contribution in [2.24, 2.45) is 16.3 Å². The zero-order valence-corrected chi connectivity index (χ0v) is 18.9. The highest BCUT2D eigenvalue weighted by molar-refractivity contribution is 5.77. The molecule has 156 valence electrons. The monoisotopic (exact) mass is 397 g/mol. The minimum atomic E-state index is 0.00341. The van der Waals surface area contributed by atoms with Crippen molar-refractivity contribution in [3.63, 3.8) is 0 Å². The van der Waals surface area contributed by atoms with Crippen molar-refractivity contribution in [2.75, 3.05) is 0 Å². The van der Waals surface area contributed by atoms with E-state index in [0.717, 1.165) is 22.4 Å². The Morgan fingerprint density at radius 1 is 1.20 bits per heavy atom. The van der Waals surface area contributed by atoms with Crippen molar-refractivity contribution < 1.29 is 0 Å². The molecule has 1 heteroatoms. The standard InChI is InChI=1S/C29H35N/c1-9-20(6)22-12-13-25-23-14-15-29(8,17-23)28(26(25)16-22)21(7)24(10-2)27(11-3)30-18-19(4)5/h9-13,16,18,23-24,28H,1-2,4,6-7,14-15,17H2,3,5,8H3/b27-11-,30-18?/t23?,24?,28?,29-/m0/s1. The van der Waals surface area contributed by atoms with Crippen LogP contribution in [0.3, 0.4) is 0 Å². The molecule has 0 amide bonds. The third-order valence-corrected chi connectivity index (χ3v) is 6.98. The predicted octanol–water partition coefficient (Wildman–Crippen LogP) is 8.17. The average molecular weight is 398 g/mol. The molecule has 30 heavy (non-hydrogen) atoms. The third-order valence-electron chi connectivity index (χ3n) is 6.98. The molecule has 0 radical (unpaired) electrons. The van der Waals surface area contributed by atoms with Gasteiger partial charge in [-0.15, -0.1) is 6.58 Å². The van der Waals surface area contributed by atoms with Crippen molar-refractivity contribution in [1.29, 1.82) is 0 Å². The van der Waals surface area contributed by atoms with E-state index in [2.05, 4.69) is 64.1 Å². The zero-order valence-electron chi connectivity index (χ0n) is 18.9. The van der Waals surface area contributed by atoms with E-state index in [1.165, 1.54) is 36.0 Å². The Kier molecular flexibility index (Phi) is 6.31. The summed E-state index contributed by atoms with van der Waals surface area (Å²) in [4.78, 5) is 4.70. The van der Waals surface area contributed by atoms with E-state index >= 15 is 0 Å². The number of nitrogens with zero attached hydrogens (tertiary/aromatic N) is 1. The first kappa shape index (κ1) is 22.0. The predicted molar refractivity (Wildman–Crippen MR) is 133 cm³/mol. The summed E-state index contributed by atoms with van der Waals surface area (Å²) in [6.07, 6.45) is 11.4. The molecule has 3 rings (SSSR count). The summed E-state index contributed by atoms with van der Waals surface area (Å²) in [5.41, 5.74) is 8.30. The van der Waals surface area contributed by atoms with Crippen LogP contribution in [0.1, 0.15) is 68.6 Å². The fraction of sp³-hybridized carbons (Fsp3) is 0.345. The molecule has 0 aliphatic heterocycles. The molecule has 1 aromatic rings. The Labute approximate surface area is 183 Å². The van der Waals surface area contributed by atoms with Crippen LogP contribution in [-0.2, 0) is 0 Å². The molecular weight excluding hydrogens is 362 g/mol. The molecule has 0 saturated heterocycles. The Balaban J connectivity index is 2.10. The summed E-state index contributed by atoms with van der Waals surface area (Å²) in [5, 5.41) is 0. The van der Waals surface area contributed by atoms with Gasteiger partial charge >= 0.3 is 0 Å². The molecule has 2 bridgehead atoms. The number of fused-ring (bicyclic) bond motifs is 4. The van der Waals surface area contributed by atoms with E-state index < -0.39 is 0 Å². The fourth-order valence-electron chi connectivity index (χ4n) is 5.50. The maximum absolute atomic E-state index is 4.70. The Morgan fingerprint density at radius 3 is 2.53 bits per heavy atom. The second-order valence-electron chi connectivity index (χ2n) is 9.21. The van der Waals surface area contributed by atoms with Gasteiger partial charge in [0.25, 0.3) is 0 Å². The minimum absolute atomic E-state index is 0.00341. The van der Waals surface area contributed by atoms with E-state index in [4.69, 9.17) is 4.99 Å². The molecule has 1 saturated carbocycles. The first-order chi connectivity index (χ1) is 14.3. The van der Waals surface area contributed by atoms with E-state index in [1.807, 2.05) is 32.2 Å². The molecule has 0 spiro atoms. The Bertz CT molecular complexity index is 970. The number of benzene rings is 1. The number of hydrogen-bond acceptors (Lipinski definition) is 1. The number of rotatable bonds is 8. The van der Waals surface area contributed by atoms with Gasteiger partial charge in [-0.2, -0.15) is 0 Å². The molecule has 1 fully saturated rings. The largest absolute Gasteiger partial charge is 0.260 e. The van der Waals surface area contributed by atoms with Gasteiger partial charge in [0.1, 0.15) is 0 Å². The molecule has 3 unspecified atom stereocenters. The second-order valence-corrected chi connectivity index (χ2v) is 9.21. The van der Waals surface area contributed by atoms with Crippen molar-refractivity contribution in [2.45, 2.75) is 51.9 Å². The van der Waals surface area contributed by atoms with Gasteiger partial charge in [0, 0.05) is 23.7 Å². The molecule has 1 aromatic carbocycles. The molecule has 0 aromatic heterocycles. The topological polar surface area (TPSA) is 12.4 Å². The minimum Gasteiger partial charge on any atom is -0.260 e. The second kappa shape index (κ2) is 8.60. The first-order valence-electron chi connectivity index (χ1n) is 10.9. The van der Waals surface area contributed by atoms with Crippen molar-refractivity contribution in [3.8, 4) is 0 Å². The molecule has 0 N–H and O–H groups in total. The maximum Gasteiger partial charge on any atom is 0.0470 e. The van der Waals surface area contributed by atoms with E-state index in [-0.39, 0.29) is 17.3 Å². The first-order valence-corrected chi connectivity index (χ1v) is 10.9. The molecule has 0 heterocycles. The lowest BCUT2D eigenvalue weighted by atomic mass is 9.61. The van der Waals surface area contributed by atoms with Crippen LogP contribution in [0.15, 0.2) is 91.2 Å². The van der Waals surface area contributed by atoms with Crippen LogP contribution in [0, 0.1) is 11.3 Å². The van der Waals surface area contributed by atoms with Gasteiger partial charge in [-0.3, -0.25) is 4.99 Å². The summed E-state index contributed by atoms with van der Waals surface area (Å²) in [5.74, 6) is 0.912. The van der Waals surface area contributed by atoms with Gasteiger partial charge in [0.05, 0.1) is 0 Å². The summed E-state index contributed by atoms with van der Waals surface area (Å²) < 4.78 is 0. The van der Waals surface area contributed by atoms with Crippen LogP contribution in [-0.4, -0.2) is 6.21 Å². The van der Waals surface area contributed by atoms with Gasteiger partial charge in [-0.05, 0) is 72.3 Å². The number of hydrogen-bond donors (Lipinski definition) is 0. The van der Waals surface area contributed by atoms with Crippen LogP contribution in [0.5, 0.6) is 0 Å². The van der Waals surface area contributed by atoms with Crippen LogP contribution in [0.25, 0.3) is 5.57 Å². The summed E-state index contributed by atoms with van der Waals surface area (Å²) in [6.45, 7) is 27.3. The normalized spacial score (nSPS) is 26.2. The zero-order chi connectivity index (χ0) is 22.1. The molecule has 4 atom stereocenters. The van der Waals surface area contributed by atoms with Gasteiger partial charge in [0.15, 0.2) is 0 Å². The highest BCUT2D eigenvalue weighted by Crippen LogP contribution is 2.62. The molecule has 1 nitrogen and oxygen atoms in total. The van der Waals surface area contributed by atoms with Gasteiger partial charge in [-0.1, -0.05) is 75.2 Å². The van der Waals surface area contributed by atoms with Gasteiger partial charge in [0.2, 0.25) is 0 Å². The highest BCUT2D eigenvalue weighted by Gasteiger charge is 2.49. The van der Waals surface area contributed by atoms with Crippen molar-refractivity contribution in [1.82, 2.24) is 0 Å². The van der Waals surface area contributed by atoms with E-state index in [1.54, 1.807) is 0 Å². The molecule has 2 aliphatic carbocycles. The van der Waals surface area contributed by atoms with Crippen molar-refractivity contribution >= 4 is 11.8 Å². The van der Waals surface area contributed by atoms with Gasteiger partial charge in [-0.25, -0.2) is 0 Å². The SMILES string of the molecule is C=CC(=C)c1ccc2c(c1)C(C(=C)C(C=C)/C(=C/C)N=CC(=C)C)[C@@]1(C)CCC2C1. The average Bonchev–Trinajstić information content (AvgIpc) is 3.07. The van der Waals surface area contributed by atoms with Crippen LogP contribution >= 0.6 is 0 Å². The van der Waals surface area contributed by atoms with Crippen LogP contribution in [0.4, 0.5) is 0 Å². The van der Waals surface area contributed by atoms with E-state index in [0.29, 0.717) is 5.92 Å². The smallest absolute Gasteiger partial charge is 0.0470 e. The lowest BCUT2D eigenvalue weighted by molar-refractivity contribution is 0.265. The fourth-order valence-corrected chi connectivity index (χ4v) is 5.50. The number of aliphatic imine (C=N–C) groups is 1.